The molecule has 3 rings (SSSR count). The van der Waals surface area contributed by atoms with Crippen LogP contribution in [0.25, 0.3) is 0 Å². The zero-order chi connectivity index (χ0) is 17.2. The Morgan fingerprint density at radius 2 is 2.12 bits per heavy atom. The van der Waals surface area contributed by atoms with Crippen molar-refractivity contribution < 1.29 is 14.6 Å². The Kier molecular flexibility index (Phi) is 4.22. The van der Waals surface area contributed by atoms with Gasteiger partial charge in [-0.05, 0) is 36.0 Å². The molecule has 0 bridgehead atoms. The van der Waals surface area contributed by atoms with Crippen LogP contribution in [0.15, 0.2) is 30.6 Å². The van der Waals surface area contributed by atoms with Crippen LogP contribution in [0.2, 0.25) is 0 Å². The average molecular weight is 322 g/mol. The van der Waals surface area contributed by atoms with E-state index in [0.29, 0.717) is 11.4 Å². The van der Waals surface area contributed by atoms with E-state index in [0.717, 1.165) is 24.3 Å². The molecule has 0 spiro atoms. The van der Waals surface area contributed by atoms with Gasteiger partial charge in [0.15, 0.2) is 0 Å². The summed E-state index contributed by atoms with van der Waals surface area (Å²) in [5, 5.41) is 8.72. The Morgan fingerprint density at radius 3 is 2.83 bits per heavy atom. The molecule has 2 heterocycles. The van der Waals surface area contributed by atoms with Crippen molar-refractivity contribution in [3.8, 4) is 17.6 Å². The van der Waals surface area contributed by atoms with Crippen LogP contribution >= 0.6 is 0 Å². The van der Waals surface area contributed by atoms with Crippen LogP contribution in [0.3, 0.4) is 0 Å². The normalized spacial score (nSPS) is 14.8. The first-order chi connectivity index (χ1) is 11.4. The van der Waals surface area contributed by atoms with Gasteiger partial charge < -0.3 is 9.84 Å². The molecular formula is C19H18N2O3. The molecule has 1 N–H and O–H groups in total. The lowest BCUT2D eigenvalue weighted by Gasteiger charge is -2.32. The molecule has 122 valence electrons. The summed E-state index contributed by atoms with van der Waals surface area (Å²) in [6.07, 6.45) is 3.78. The van der Waals surface area contributed by atoms with Crippen molar-refractivity contribution in [3.63, 3.8) is 0 Å². The van der Waals surface area contributed by atoms with Crippen molar-refractivity contribution in [1.82, 2.24) is 9.97 Å². The zero-order valence-corrected chi connectivity index (χ0v) is 13.7. The Labute approximate surface area is 140 Å². The number of nitrogens with zero attached hydrogens (tertiary/aromatic N) is 2. The fourth-order valence-electron chi connectivity index (χ4n) is 2.62. The average Bonchev–Trinajstić information content (AvgIpc) is 2.54. The van der Waals surface area contributed by atoms with E-state index in [-0.39, 0.29) is 11.8 Å². The number of ether oxygens (including phenoxy) is 1. The molecule has 0 amide bonds. The van der Waals surface area contributed by atoms with Crippen molar-refractivity contribution in [3.05, 3.63) is 53.1 Å². The molecule has 1 aliphatic heterocycles. The minimum absolute atomic E-state index is 0.0730. The Bertz CT molecular complexity index is 830. The van der Waals surface area contributed by atoms with Crippen LogP contribution in [0, 0.1) is 11.8 Å². The van der Waals surface area contributed by atoms with Gasteiger partial charge in [-0.2, -0.15) is 0 Å². The maximum atomic E-state index is 10.6. The number of carbonyl (C=O) groups is 1. The molecule has 0 aliphatic carbocycles. The lowest BCUT2D eigenvalue weighted by molar-refractivity contribution is -0.136. The summed E-state index contributed by atoms with van der Waals surface area (Å²) >= 11 is 0. The van der Waals surface area contributed by atoms with E-state index >= 15 is 0 Å². The molecule has 1 aromatic carbocycles. The SMILES string of the molecule is CC1(C)CCOc2ccc(C#Cc3cnc(CC(=O)O)cn3)cc21. The summed E-state index contributed by atoms with van der Waals surface area (Å²) < 4.78 is 5.70. The second-order valence-corrected chi connectivity index (χ2v) is 6.41. The minimum atomic E-state index is -0.929. The van der Waals surface area contributed by atoms with E-state index < -0.39 is 5.97 Å². The van der Waals surface area contributed by atoms with Crippen LogP contribution in [-0.2, 0) is 16.6 Å². The zero-order valence-electron chi connectivity index (χ0n) is 13.7. The molecule has 5 heteroatoms. The first kappa shape index (κ1) is 16.0. The highest BCUT2D eigenvalue weighted by atomic mass is 16.5. The largest absolute Gasteiger partial charge is 0.493 e. The second-order valence-electron chi connectivity index (χ2n) is 6.41. The number of benzene rings is 1. The predicted molar refractivity (Wildman–Crippen MR) is 88.9 cm³/mol. The summed E-state index contributed by atoms with van der Waals surface area (Å²) in [7, 11) is 0. The number of aliphatic carboxylic acids is 1. The van der Waals surface area contributed by atoms with Gasteiger partial charge in [0, 0.05) is 11.1 Å². The van der Waals surface area contributed by atoms with Crippen LogP contribution in [0.4, 0.5) is 0 Å². The standard InChI is InChI=1S/C19H18N2O3/c1-19(2)7-8-24-17-6-4-13(9-16(17)19)3-5-14-11-21-15(12-20-14)10-18(22)23/h4,6,9,11-12H,7-8,10H2,1-2H3,(H,22,23). The van der Waals surface area contributed by atoms with E-state index in [9.17, 15) is 4.79 Å². The van der Waals surface area contributed by atoms with E-state index in [1.54, 1.807) is 0 Å². The molecule has 0 unspecified atom stereocenters. The van der Waals surface area contributed by atoms with Gasteiger partial charge in [0.25, 0.3) is 0 Å². The van der Waals surface area contributed by atoms with Crippen molar-refractivity contribution in [2.24, 2.45) is 0 Å². The molecule has 0 fully saturated rings. The minimum Gasteiger partial charge on any atom is -0.493 e. The van der Waals surface area contributed by atoms with Gasteiger partial charge in [0.2, 0.25) is 0 Å². The molecule has 0 saturated heterocycles. The second kappa shape index (κ2) is 6.32. The van der Waals surface area contributed by atoms with Crippen LogP contribution < -0.4 is 4.74 Å². The van der Waals surface area contributed by atoms with Crippen LogP contribution in [0.1, 0.15) is 42.8 Å². The fraction of sp³-hybridized carbons (Fsp3) is 0.316. The smallest absolute Gasteiger partial charge is 0.309 e. The first-order valence-electron chi connectivity index (χ1n) is 7.76. The highest BCUT2D eigenvalue weighted by molar-refractivity contribution is 5.69. The van der Waals surface area contributed by atoms with Gasteiger partial charge in [-0.1, -0.05) is 19.8 Å². The van der Waals surface area contributed by atoms with Gasteiger partial charge in [-0.15, -0.1) is 0 Å². The molecule has 0 atom stereocenters. The van der Waals surface area contributed by atoms with Crippen molar-refractivity contribution in [1.29, 1.82) is 0 Å². The third kappa shape index (κ3) is 3.54. The monoisotopic (exact) mass is 322 g/mol. The number of rotatable bonds is 2. The number of fused-ring (bicyclic) bond motifs is 1. The Balaban J connectivity index is 1.82. The summed E-state index contributed by atoms with van der Waals surface area (Å²) in [4.78, 5) is 18.8. The van der Waals surface area contributed by atoms with Gasteiger partial charge in [-0.3, -0.25) is 9.78 Å². The van der Waals surface area contributed by atoms with Crippen LogP contribution in [0.5, 0.6) is 5.75 Å². The molecule has 0 radical (unpaired) electrons. The van der Waals surface area contributed by atoms with Crippen molar-refractivity contribution >= 4 is 5.97 Å². The van der Waals surface area contributed by atoms with E-state index in [4.69, 9.17) is 9.84 Å². The van der Waals surface area contributed by atoms with Gasteiger partial charge >= 0.3 is 5.97 Å². The molecule has 1 aliphatic rings. The number of hydrogen-bond acceptors (Lipinski definition) is 4. The lowest BCUT2D eigenvalue weighted by atomic mass is 9.79. The van der Waals surface area contributed by atoms with Gasteiger partial charge in [0.1, 0.15) is 11.4 Å². The predicted octanol–water partition coefficient (Wildman–Crippen LogP) is 2.56. The highest BCUT2D eigenvalue weighted by Crippen LogP contribution is 2.38. The number of carboxylic acids is 1. The Hall–Kier alpha value is -2.87. The van der Waals surface area contributed by atoms with E-state index in [2.05, 4.69) is 41.7 Å². The maximum Gasteiger partial charge on any atom is 0.309 e. The van der Waals surface area contributed by atoms with Crippen molar-refractivity contribution in [2.45, 2.75) is 32.1 Å². The van der Waals surface area contributed by atoms with E-state index in [1.165, 1.54) is 18.0 Å². The van der Waals surface area contributed by atoms with Gasteiger partial charge in [-0.25, -0.2) is 4.98 Å². The summed E-state index contributed by atoms with van der Waals surface area (Å²) in [5.41, 5.74) is 3.06. The lowest BCUT2D eigenvalue weighted by Crippen LogP contribution is -2.26. The highest BCUT2D eigenvalue weighted by Gasteiger charge is 2.28. The third-order valence-electron chi connectivity index (χ3n) is 4.07. The summed E-state index contributed by atoms with van der Waals surface area (Å²) in [6, 6.07) is 5.95. The molecule has 24 heavy (non-hydrogen) atoms. The Morgan fingerprint density at radius 1 is 1.29 bits per heavy atom. The summed E-state index contributed by atoms with van der Waals surface area (Å²) in [6.45, 7) is 5.15. The molecular weight excluding hydrogens is 304 g/mol. The topological polar surface area (TPSA) is 72.3 Å². The quantitative estimate of drug-likeness (QED) is 0.860. The summed E-state index contributed by atoms with van der Waals surface area (Å²) in [5.74, 6) is 6.05. The number of carboxylic acid groups (broad SMARTS) is 1. The van der Waals surface area contributed by atoms with Crippen molar-refractivity contribution in [2.75, 3.05) is 6.61 Å². The van der Waals surface area contributed by atoms with E-state index in [1.807, 2.05) is 12.1 Å². The molecule has 5 nitrogen and oxygen atoms in total. The molecule has 1 aromatic heterocycles. The fourth-order valence-corrected chi connectivity index (χ4v) is 2.62. The van der Waals surface area contributed by atoms with Crippen LogP contribution in [-0.4, -0.2) is 27.7 Å². The maximum absolute atomic E-state index is 10.6. The first-order valence-corrected chi connectivity index (χ1v) is 7.76. The third-order valence-corrected chi connectivity index (χ3v) is 4.07. The number of hydrogen-bond donors (Lipinski definition) is 1. The number of aromatic nitrogens is 2. The molecule has 0 saturated carbocycles. The molecule has 2 aromatic rings. The van der Waals surface area contributed by atoms with Gasteiger partial charge in [0.05, 0.1) is 31.1 Å².